The van der Waals surface area contributed by atoms with E-state index in [9.17, 15) is 0 Å². The summed E-state index contributed by atoms with van der Waals surface area (Å²) in [6, 6.07) is 7.85. The number of hydrogen-bond donors (Lipinski definition) is 1. The van der Waals surface area contributed by atoms with Crippen molar-refractivity contribution >= 4 is 40.0 Å². The van der Waals surface area contributed by atoms with Crippen LogP contribution in [0.1, 0.15) is 5.56 Å². The molecule has 3 aromatic rings. The van der Waals surface area contributed by atoms with Crippen molar-refractivity contribution in [2.75, 3.05) is 12.8 Å². The summed E-state index contributed by atoms with van der Waals surface area (Å²) in [4.78, 5) is 8.57. The third-order valence-electron chi connectivity index (χ3n) is 2.83. The number of benzene rings is 1. The zero-order chi connectivity index (χ0) is 13.9. The summed E-state index contributed by atoms with van der Waals surface area (Å²) in [6.45, 7) is 0. The van der Waals surface area contributed by atoms with Gasteiger partial charge in [-0.05, 0) is 29.7 Å². The Morgan fingerprint density at radius 1 is 1.35 bits per heavy atom. The van der Waals surface area contributed by atoms with Gasteiger partial charge < -0.3 is 10.5 Å². The molecule has 0 atom stereocenters. The molecule has 20 heavy (non-hydrogen) atoms. The van der Waals surface area contributed by atoms with E-state index in [0.717, 1.165) is 32.3 Å². The molecule has 0 spiro atoms. The average molecular weight is 304 g/mol. The van der Waals surface area contributed by atoms with Gasteiger partial charge in [0.25, 0.3) is 0 Å². The number of aromatic nitrogens is 3. The van der Waals surface area contributed by atoms with Gasteiger partial charge in [-0.1, -0.05) is 11.8 Å². The third-order valence-corrected chi connectivity index (χ3v) is 4.68. The number of fused-ring (bicyclic) bond motifs is 1. The maximum atomic E-state index is 6.02. The van der Waals surface area contributed by atoms with Crippen LogP contribution in [-0.4, -0.2) is 21.5 Å². The van der Waals surface area contributed by atoms with E-state index in [1.165, 1.54) is 11.5 Å². The van der Waals surface area contributed by atoms with Crippen molar-refractivity contribution < 1.29 is 4.74 Å². The van der Waals surface area contributed by atoms with Crippen molar-refractivity contribution in [3.05, 3.63) is 36.2 Å². The van der Waals surface area contributed by atoms with Crippen LogP contribution in [-0.2, 0) is 5.75 Å². The summed E-state index contributed by atoms with van der Waals surface area (Å²) in [6.07, 6.45) is 1.56. The number of methoxy groups -OCH3 is 1. The summed E-state index contributed by atoms with van der Waals surface area (Å²) in [5.74, 6) is 2.05. The summed E-state index contributed by atoms with van der Waals surface area (Å²) in [7, 11) is 1.64. The first-order chi connectivity index (χ1) is 9.76. The highest BCUT2D eigenvalue weighted by atomic mass is 32.2. The second kappa shape index (κ2) is 5.64. The Morgan fingerprint density at radius 3 is 3.00 bits per heavy atom. The highest BCUT2D eigenvalue weighted by molar-refractivity contribution is 8.00. The number of nitrogen functional groups attached to an aromatic ring is 1. The van der Waals surface area contributed by atoms with E-state index in [4.69, 9.17) is 10.5 Å². The van der Waals surface area contributed by atoms with E-state index in [2.05, 4.69) is 20.4 Å². The highest BCUT2D eigenvalue weighted by Crippen LogP contribution is 2.28. The molecule has 0 amide bonds. The molecule has 2 heterocycles. The molecular formula is C13H12N4OS2. The minimum Gasteiger partial charge on any atom is -0.497 e. The van der Waals surface area contributed by atoms with E-state index in [1.54, 1.807) is 25.2 Å². The third kappa shape index (κ3) is 2.68. The fraction of sp³-hybridized carbons (Fsp3) is 0.154. The molecule has 7 heteroatoms. The Bertz CT molecular complexity index is 731. The molecule has 0 aliphatic heterocycles. The first-order valence-corrected chi connectivity index (χ1v) is 7.65. The number of pyridine rings is 1. The summed E-state index contributed by atoms with van der Waals surface area (Å²) >= 11 is 2.99. The van der Waals surface area contributed by atoms with Crippen molar-refractivity contribution in [1.82, 2.24) is 14.3 Å². The minimum atomic E-state index is 0.544. The van der Waals surface area contributed by atoms with Gasteiger partial charge in [0.2, 0.25) is 0 Å². The fourth-order valence-electron chi connectivity index (χ4n) is 1.81. The van der Waals surface area contributed by atoms with E-state index >= 15 is 0 Å². The number of nitrogens with zero attached hydrogens (tertiary/aromatic N) is 3. The van der Waals surface area contributed by atoms with Crippen LogP contribution in [0.5, 0.6) is 5.75 Å². The number of nitrogens with two attached hydrogens (primary N) is 1. The number of thioether (sulfide) groups is 1. The Morgan fingerprint density at radius 2 is 2.25 bits per heavy atom. The lowest BCUT2D eigenvalue weighted by molar-refractivity contribution is 0.415. The Kier molecular flexibility index (Phi) is 3.70. The van der Waals surface area contributed by atoms with Gasteiger partial charge in [0.05, 0.1) is 12.6 Å². The Hall–Kier alpha value is -1.86. The second-order valence-electron chi connectivity index (χ2n) is 4.09. The molecule has 2 N–H and O–H groups in total. The number of rotatable bonds is 4. The molecule has 0 aliphatic carbocycles. The largest absolute Gasteiger partial charge is 0.497 e. The van der Waals surface area contributed by atoms with Crippen LogP contribution in [0.25, 0.3) is 10.9 Å². The summed E-state index contributed by atoms with van der Waals surface area (Å²) in [5, 5.41) is 1.05. The molecule has 0 saturated carbocycles. The monoisotopic (exact) mass is 304 g/mol. The molecule has 5 nitrogen and oxygen atoms in total. The molecule has 0 bridgehead atoms. The highest BCUT2D eigenvalue weighted by Gasteiger charge is 2.07. The van der Waals surface area contributed by atoms with Crippen molar-refractivity contribution in [2.45, 2.75) is 10.1 Å². The molecule has 0 radical (unpaired) electrons. The zero-order valence-electron chi connectivity index (χ0n) is 10.7. The van der Waals surface area contributed by atoms with Crippen LogP contribution in [0.2, 0.25) is 0 Å². The Labute approximate surface area is 124 Å². The second-order valence-corrected chi connectivity index (χ2v) is 6.09. The van der Waals surface area contributed by atoms with Crippen molar-refractivity contribution in [2.24, 2.45) is 0 Å². The first-order valence-electron chi connectivity index (χ1n) is 5.89. The lowest BCUT2D eigenvalue weighted by atomic mass is 10.1. The van der Waals surface area contributed by atoms with Gasteiger partial charge in [0.1, 0.15) is 17.9 Å². The van der Waals surface area contributed by atoms with Crippen molar-refractivity contribution in [1.29, 1.82) is 0 Å². The lowest BCUT2D eigenvalue weighted by Crippen LogP contribution is -1.97. The van der Waals surface area contributed by atoms with Crippen LogP contribution in [0.3, 0.4) is 0 Å². The first kappa shape index (κ1) is 13.1. The minimum absolute atomic E-state index is 0.544. The summed E-state index contributed by atoms with van der Waals surface area (Å²) < 4.78 is 10.1. The maximum Gasteiger partial charge on any atom is 0.170 e. The van der Waals surface area contributed by atoms with Gasteiger partial charge in [-0.15, -0.1) is 0 Å². The van der Waals surface area contributed by atoms with E-state index in [0.29, 0.717) is 5.82 Å². The predicted molar refractivity (Wildman–Crippen MR) is 82.2 cm³/mol. The Balaban J connectivity index is 1.89. The topological polar surface area (TPSA) is 73.9 Å². The van der Waals surface area contributed by atoms with Gasteiger partial charge in [-0.2, -0.15) is 4.37 Å². The summed E-state index contributed by atoms with van der Waals surface area (Å²) in [5.41, 5.74) is 7.86. The van der Waals surface area contributed by atoms with E-state index in [1.807, 2.05) is 18.2 Å². The number of hydrogen-bond acceptors (Lipinski definition) is 7. The van der Waals surface area contributed by atoms with Gasteiger partial charge in [0.15, 0.2) is 4.34 Å². The van der Waals surface area contributed by atoms with Crippen LogP contribution in [0, 0.1) is 0 Å². The molecular weight excluding hydrogens is 292 g/mol. The van der Waals surface area contributed by atoms with Crippen LogP contribution in [0.15, 0.2) is 34.9 Å². The molecule has 3 rings (SSSR count). The SMILES string of the molecule is COc1ccc2cc(CSc3ncns3)c(N)nc2c1. The molecule has 2 aromatic heterocycles. The predicted octanol–water partition coefficient (Wildman–Crippen LogP) is 2.97. The van der Waals surface area contributed by atoms with Crippen LogP contribution < -0.4 is 10.5 Å². The van der Waals surface area contributed by atoms with Gasteiger partial charge in [-0.3, -0.25) is 0 Å². The van der Waals surface area contributed by atoms with Crippen molar-refractivity contribution in [3.63, 3.8) is 0 Å². The number of ether oxygens (including phenoxy) is 1. The van der Waals surface area contributed by atoms with Crippen LogP contribution >= 0.6 is 23.3 Å². The maximum absolute atomic E-state index is 6.02. The van der Waals surface area contributed by atoms with E-state index in [-0.39, 0.29) is 0 Å². The molecule has 1 aromatic carbocycles. The molecule has 102 valence electrons. The standard InChI is InChI=1S/C13H12N4OS2/c1-18-10-3-2-8-4-9(12(14)17-11(8)5-10)6-19-13-15-7-16-20-13/h2-5,7H,6H2,1H3,(H2,14,17). The smallest absolute Gasteiger partial charge is 0.170 e. The molecule has 0 fully saturated rings. The van der Waals surface area contributed by atoms with E-state index < -0.39 is 0 Å². The zero-order valence-corrected chi connectivity index (χ0v) is 12.4. The fourth-order valence-corrected chi connectivity index (χ4v) is 3.24. The van der Waals surface area contributed by atoms with Crippen molar-refractivity contribution in [3.8, 4) is 5.75 Å². The average Bonchev–Trinajstić information content (AvgIpc) is 2.97. The molecule has 0 aliphatic rings. The van der Waals surface area contributed by atoms with Gasteiger partial charge in [-0.25, -0.2) is 9.97 Å². The molecule has 0 unspecified atom stereocenters. The van der Waals surface area contributed by atoms with Gasteiger partial charge in [0, 0.05) is 22.8 Å². The quantitative estimate of drug-likeness (QED) is 0.747. The van der Waals surface area contributed by atoms with Crippen LogP contribution in [0.4, 0.5) is 5.82 Å². The molecule has 0 saturated heterocycles. The number of anilines is 1. The van der Waals surface area contributed by atoms with Gasteiger partial charge >= 0.3 is 0 Å². The lowest BCUT2D eigenvalue weighted by Gasteiger charge is -2.07. The normalized spacial score (nSPS) is 10.8.